The first-order chi connectivity index (χ1) is 15.8. The molecule has 0 atom stereocenters. The Morgan fingerprint density at radius 3 is 0.971 bits per heavy atom. The van der Waals surface area contributed by atoms with Gasteiger partial charge in [0.2, 0.25) is 0 Å². The molecule has 0 N–H and O–H groups in total. The Balaban J connectivity index is 2.56. The van der Waals surface area contributed by atoms with Crippen LogP contribution < -0.4 is 10.6 Å². The molecule has 190 valence electrons. The van der Waals surface area contributed by atoms with Gasteiger partial charge in [0.1, 0.15) is 0 Å². The van der Waals surface area contributed by atoms with Crippen LogP contribution in [0.4, 0.5) is 0 Å². The van der Waals surface area contributed by atoms with Crippen LogP contribution in [0.1, 0.15) is 33.4 Å². The van der Waals surface area contributed by atoms with Gasteiger partial charge in [-0.3, -0.25) is 0 Å². The van der Waals surface area contributed by atoms with Crippen molar-refractivity contribution in [3.8, 4) is 0 Å². The first-order valence-electron chi connectivity index (χ1n) is 13.2. The van der Waals surface area contributed by atoms with E-state index in [-0.39, 0.29) is 0 Å². The maximum absolute atomic E-state index is 2.60. The summed E-state index contributed by atoms with van der Waals surface area (Å²) in [6.07, 6.45) is 0. The predicted molar refractivity (Wildman–Crippen MR) is 172 cm³/mol. The van der Waals surface area contributed by atoms with Crippen LogP contribution in [0.5, 0.6) is 0 Å². The standard InChI is InChI=1S/C31H49PSi3/c1-20-16-22(3)26(23(4)17-20)32(27-24(5)18-21(2)19-25(27)6)28-29(33(7,8)9)31(35(13,14)15)30(28)34(10,11)12/h16-19H,1-15H3. The molecule has 0 aromatic heterocycles. The highest BCUT2D eigenvalue weighted by Crippen LogP contribution is 2.62. The zero-order valence-corrected chi connectivity index (χ0v) is 29.2. The first kappa shape index (κ1) is 28.6. The van der Waals surface area contributed by atoms with Crippen LogP contribution in [-0.2, 0) is 0 Å². The number of rotatable bonds is 6. The van der Waals surface area contributed by atoms with E-state index < -0.39 is 32.1 Å². The summed E-state index contributed by atoms with van der Waals surface area (Å²) in [5.41, 5.74) is 8.68. The summed E-state index contributed by atoms with van der Waals surface area (Å²) in [7, 11) is -5.19. The van der Waals surface area contributed by atoms with Crippen molar-refractivity contribution in [2.45, 2.75) is 100 Å². The molecule has 0 nitrogen and oxygen atoms in total. The third-order valence-electron chi connectivity index (χ3n) is 7.17. The van der Waals surface area contributed by atoms with Crippen molar-refractivity contribution < 1.29 is 0 Å². The molecule has 0 radical (unpaired) electrons. The minimum absolute atomic E-state index is 0.601. The molecule has 0 saturated carbocycles. The van der Waals surface area contributed by atoms with Crippen molar-refractivity contribution in [2.75, 3.05) is 0 Å². The predicted octanol–water partition coefficient (Wildman–Crippen LogP) is 9.17. The van der Waals surface area contributed by atoms with Crippen LogP contribution in [-0.4, -0.2) is 24.2 Å². The lowest BCUT2D eigenvalue weighted by Crippen LogP contribution is -2.48. The number of allylic oxidation sites excluding steroid dienone is 4. The van der Waals surface area contributed by atoms with Crippen LogP contribution >= 0.6 is 7.92 Å². The molecular weight excluding hydrogens is 488 g/mol. The van der Waals surface area contributed by atoms with Gasteiger partial charge < -0.3 is 0 Å². The van der Waals surface area contributed by atoms with E-state index in [1.165, 1.54) is 33.4 Å². The van der Waals surface area contributed by atoms with E-state index in [2.05, 4.69) is 125 Å². The van der Waals surface area contributed by atoms with Gasteiger partial charge in [-0.05, 0) is 87.6 Å². The van der Waals surface area contributed by atoms with Gasteiger partial charge >= 0.3 is 0 Å². The van der Waals surface area contributed by atoms with Gasteiger partial charge in [0, 0.05) is 0 Å². The lowest BCUT2D eigenvalue weighted by molar-refractivity contribution is 1.33. The molecule has 0 bridgehead atoms. The summed E-state index contributed by atoms with van der Waals surface area (Å²) in [5, 5.41) is 10.6. The van der Waals surface area contributed by atoms with Crippen molar-refractivity contribution in [1.82, 2.24) is 0 Å². The largest absolute Gasteiger partial charge is 0.0783 e. The van der Waals surface area contributed by atoms with Gasteiger partial charge in [-0.2, -0.15) is 0 Å². The fraction of sp³-hybridized carbons (Fsp3) is 0.484. The average molecular weight is 537 g/mol. The summed E-state index contributed by atoms with van der Waals surface area (Å²) < 4.78 is 0. The second-order valence-electron chi connectivity index (χ2n) is 14.1. The Hall–Kier alpha value is -0.999. The van der Waals surface area contributed by atoms with Crippen LogP contribution in [0.25, 0.3) is 0 Å². The minimum atomic E-state index is -1.56. The maximum atomic E-state index is 2.60. The number of benzene rings is 2. The van der Waals surface area contributed by atoms with E-state index in [9.17, 15) is 0 Å². The summed E-state index contributed by atoms with van der Waals surface area (Å²) in [5.74, 6) is 0. The molecule has 2 aromatic carbocycles. The molecule has 0 amide bonds. The van der Waals surface area contributed by atoms with E-state index in [1.54, 1.807) is 15.9 Å². The fourth-order valence-electron chi connectivity index (χ4n) is 6.24. The highest BCUT2D eigenvalue weighted by Gasteiger charge is 2.49. The van der Waals surface area contributed by atoms with Gasteiger partial charge in [0.25, 0.3) is 0 Å². The summed E-state index contributed by atoms with van der Waals surface area (Å²) in [6, 6.07) is 9.73. The Morgan fingerprint density at radius 2 is 0.714 bits per heavy atom. The normalized spacial score (nSPS) is 15.3. The van der Waals surface area contributed by atoms with Crippen molar-refractivity contribution in [2.24, 2.45) is 0 Å². The third-order valence-corrected chi connectivity index (χ3v) is 17.3. The van der Waals surface area contributed by atoms with Crippen LogP contribution in [0.15, 0.2) is 45.2 Å². The smallest absolute Gasteiger partial charge is 0.0656 e. The van der Waals surface area contributed by atoms with Crippen LogP contribution in [0, 0.1) is 41.5 Å². The Morgan fingerprint density at radius 1 is 0.429 bits per heavy atom. The molecule has 35 heavy (non-hydrogen) atoms. The lowest BCUT2D eigenvalue weighted by atomic mass is 10.1. The van der Waals surface area contributed by atoms with E-state index in [0.29, 0.717) is 0 Å². The Kier molecular flexibility index (Phi) is 7.66. The highest BCUT2D eigenvalue weighted by atomic mass is 31.1. The quantitative estimate of drug-likeness (QED) is 0.255. The van der Waals surface area contributed by atoms with Crippen LogP contribution in [0.3, 0.4) is 0 Å². The third kappa shape index (κ3) is 5.35. The molecule has 1 aliphatic rings. The minimum Gasteiger partial charge on any atom is -0.0656 e. The second kappa shape index (κ2) is 9.39. The van der Waals surface area contributed by atoms with Crippen molar-refractivity contribution in [3.05, 3.63) is 78.5 Å². The Bertz CT molecular complexity index is 1140. The van der Waals surface area contributed by atoms with Crippen molar-refractivity contribution >= 4 is 42.8 Å². The lowest BCUT2D eigenvalue weighted by Gasteiger charge is -2.50. The van der Waals surface area contributed by atoms with Gasteiger partial charge in [0.15, 0.2) is 0 Å². The van der Waals surface area contributed by atoms with Crippen molar-refractivity contribution in [1.29, 1.82) is 0 Å². The molecule has 0 aliphatic heterocycles. The molecule has 0 fully saturated rings. The van der Waals surface area contributed by atoms with E-state index in [4.69, 9.17) is 0 Å². The second-order valence-corrected chi connectivity index (χ2v) is 31.1. The number of hydrogen-bond acceptors (Lipinski definition) is 0. The molecule has 0 unspecified atom stereocenters. The Labute approximate surface area is 221 Å². The molecule has 4 heteroatoms. The van der Waals surface area contributed by atoms with E-state index in [0.717, 1.165) is 0 Å². The van der Waals surface area contributed by atoms with Gasteiger partial charge in [-0.1, -0.05) is 110 Å². The average Bonchev–Trinajstić information content (AvgIpc) is 2.54. The van der Waals surface area contributed by atoms with Gasteiger partial charge in [-0.15, -0.1) is 0 Å². The molecule has 3 rings (SSSR count). The van der Waals surface area contributed by atoms with Crippen LogP contribution in [0.2, 0.25) is 58.9 Å². The van der Waals surface area contributed by atoms with E-state index >= 15 is 0 Å². The summed E-state index contributed by atoms with van der Waals surface area (Å²) >= 11 is 0. The molecule has 2 aromatic rings. The fourth-order valence-corrected chi connectivity index (χ4v) is 22.1. The monoisotopic (exact) mass is 536 g/mol. The molecule has 0 spiro atoms. The summed E-state index contributed by atoms with van der Waals surface area (Å²) in [6.45, 7) is 37.3. The summed E-state index contributed by atoms with van der Waals surface area (Å²) in [4.78, 5) is 0. The zero-order valence-electron chi connectivity index (χ0n) is 25.3. The van der Waals surface area contributed by atoms with Gasteiger partial charge in [-0.25, -0.2) is 0 Å². The topological polar surface area (TPSA) is 0 Å². The molecule has 1 aliphatic carbocycles. The molecule has 0 saturated heterocycles. The van der Waals surface area contributed by atoms with Crippen molar-refractivity contribution in [3.63, 3.8) is 0 Å². The van der Waals surface area contributed by atoms with Gasteiger partial charge in [0.05, 0.1) is 24.2 Å². The first-order valence-corrected chi connectivity index (χ1v) is 25.1. The number of hydrogen-bond donors (Lipinski definition) is 0. The SMILES string of the molecule is Cc1cc(C)c(P(C2=C([Si](C)(C)C)C([Si](C)(C)C)=C2[Si](C)(C)C)c2c(C)cc(C)cc2C)c(C)c1. The van der Waals surface area contributed by atoms with E-state index in [1.807, 2.05) is 15.6 Å². The zero-order chi connectivity index (χ0) is 26.8. The number of aryl methyl sites for hydroxylation is 6. The molecular formula is C31H49PSi3. The maximum Gasteiger partial charge on any atom is 0.0783 e. The molecule has 0 heterocycles. The highest BCUT2D eigenvalue weighted by molar-refractivity contribution is 7.78.